The molecule has 0 amide bonds. The lowest BCUT2D eigenvalue weighted by Crippen LogP contribution is -2.13. The van der Waals surface area contributed by atoms with Gasteiger partial charge >= 0.3 is 0 Å². The van der Waals surface area contributed by atoms with Crippen LogP contribution in [-0.4, -0.2) is 11.3 Å². The Balaban J connectivity index is 2.24. The number of nitrogens with one attached hydrogen (secondary N) is 1. The molecule has 2 nitrogen and oxygen atoms in total. The van der Waals surface area contributed by atoms with Crippen LogP contribution in [0, 0.1) is 12.8 Å². The number of rotatable bonds is 4. The van der Waals surface area contributed by atoms with Crippen LogP contribution >= 0.6 is 0 Å². The van der Waals surface area contributed by atoms with E-state index >= 15 is 0 Å². The van der Waals surface area contributed by atoms with Crippen LogP contribution in [0.1, 0.15) is 29.7 Å². The molecule has 0 fully saturated rings. The van der Waals surface area contributed by atoms with Crippen molar-refractivity contribution in [3.63, 3.8) is 0 Å². The number of benzene rings is 2. The largest absolute Gasteiger partial charge is 0.358 e. The van der Waals surface area contributed by atoms with Crippen molar-refractivity contribution in [3.05, 3.63) is 71.4 Å². The molecular formula is C19H19NO. The van der Waals surface area contributed by atoms with Crippen LogP contribution in [-0.2, 0) is 4.79 Å². The number of aromatic amines is 1. The molecule has 1 aromatic heterocycles. The maximum atomic E-state index is 11.5. The number of H-pyrrole nitrogens is 1. The molecule has 21 heavy (non-hydrogen) atoms. The lowest BCUT2D eigenvalue weighted by atomic mass is 9.81. The number of fused-ring (bicyclic) bond motifs is 1. The van der Waals surface area contributed by atoms with Crippen molar-refractivity contribution in [2.24, 2.45) is 5.92 Å². The highest BCUT2D eigenvalue weighted by molar-refractivity contribution is 5.86. The molecule has 2 atom stereocenters. The zero-order valence-electron chi connectivity index (χ0n) is 12.3. The maximum Gasteiger partial charge on any atom is 0.123 e. The Morgan fingerprint density at radius 3 is 2.38 bits per heavy atom. The van der Waals surface area contributed by atoms with Crippen molar-refractivity contribution in [2.75, 3.05) is 0 Å². The van der Waals surface area contributed by atoms with Crippen LogP contribution in [0.5, 0.6) is 0 Å². The van der Waals surface area contributed by atoms with E-state index in [0.29, 0.717) is 0 Å². The van der Waals surface area contributed by atoms with Crippen LogP contribution < -0.4 is 0 Å². The van der Waals surface area contributed by atoms with Crippen molar-refractivity contribution in [2.45, 2.75) is 19.8 Å². The van der Waals surface area contributed by atoms with Crippen molar-refractivity contribution >= 4 is 17.2 Å². The number of hydrogen-bond acceptors (Lipinski definition) is 1. The van der Waals surface area contributed by atoms with Crippen molar-refractivity contribution < 1.29 is 4.79 Å². The lowest BCUT2D eigenvalue weighted by Gasteiger charge is -2.21. The van der Waals surface area contributed by atoms with E-state index in [1.54, 1.807) is 0 Å². The summed E-state index contributed by atoms with van der Waals surface area (Å²) in [6.07, 6.45) is 1.05. The molecule has 0 radical (unpaired) electrons. The molecule has 0 spiro atoms. The first kappa shape index (κ1) is 13.6. The molecule has 0 saturated heterocycles. The summed E-state index contributed by atoms with van der Waals surface area (Å²) in [5.41, 5.74) is 4.68. The molecule has 2 aromatic carbocycles. The third kappa shape index (κ3) is 2.38. The minimum atomic E-state index is -0.0645. The molecule has 0 aliphatic heterocycles. The summed E-state index contributed by atoms with van der Waals surface area (Å²) in [4.78, 5) is 14.9. The normalized spacial score (nSPS) is 14.0. The summed E-state index contributed by atoms with van der Waals surface area (Å²) in [5, 5.41) is 1.21. The first-order valence-electron chi connectivity index (χ1n) is 7.30. The number of para-hydroxylation sites is 1. The Bertz CT molecular complexity index is 758. The third-order valence-electron chi connectivity index (χ3n) is 4.15. The highest BCUT2D eigenvalue weighted by Crippen LogP contribution is 2.37. The second-order valence-corrected chi connectivity index (χ2v) is 5.59. The summed E-state index contributed by atoms with van der Waals surface area (Å²) in [5.74, 6) is 0.0187. The Kier molecular flexibility index (Phi) is 3.61. The van der Waals surface area contributed by atoms with E-state index in [1.807, 2.05) is 37.3 Å². The molecule has 3 aromatic rings. The number of carbonyl (C=O) groups is 1. The smallest absolute Gasteiger partial charge is 0.123 e. The van der Waals surface area contributed by atoms with Gasteiger partial charge in [-0.2, -0.15) is 0 Å². The van der Waals surface area contributed by atoms with E-state index in [1.165, 1.54) is 16.5 Å². The number of carbonyl (C=O) groups excluding carboxylic acids is 1. The number of hydrogen-bond donors (Lipinski definition) is 1. The predicted octanol–water partition coefficient (Wildman–Crippen LogP) is 4.44. The van der Waals surface area contributed by atoms with Gasteiger partial charge in [0.15, 0.2) is 0 Å². The highest BCUT2D eigenvalue weighted by atomic mass is 16.1. The van der Waals surface area contributed by atoms with Gasteiger partial charge in [-0.05, 0) is 24.1 Å². The average molecular weight is 277 g/mol. The molecule has 3 rings (SSSR count). The second kappa shape index (κ2) is 5.57. The highest BCUT2D eigenvalue weighted by Gasteiger charge is 2.25. The minimum absolute atomic E-state index is 0.0645. The van der Waals surface area contributed by atoms with Gasteiger partial charge in [-0.1, -0.05) is 55.5 Å². The fraction of sp³-hybridized carbons (Fsp3) is 0.211. The molecule has 0 aliphatic carbocycles. The number of aromatic nitrogens is 1. The molecular weight excluding hydrogens is 258 g/mol. The van der Waals surface area contributed by atoms with E-state index in [-0.39, 0.29) is 11.8 Å². The van der Waals surface area contributed by atoms with Crippen LogP contribution in [0.3, 0.4) is 0 Å². The molecule has 106 valence electrons. The monoisotopic (exact) mass is 277 g/mol. The average Bonchev–Trinajstić information content (AvgIpc) is 2.85. The van der Waals surface area contributed by atoms with Gasteiger partial charge in [0.05, 0.1) is 0 Å². The molecule has 0 unspecified atom stereocenters. The van der Waals surface area contributed by atoms with Gasteiger partial charge in [0.25, 0.3) is 0 Å². The molecule has 0 aliphatic rings. The molecule has 2 heteroatoms. The minimum Gasteiger partial charge on any atom is -0.358 e. The van der Waals surface area contributed by atoms with Crippen molar-refractivity contribution in [3.8, 4) is 0 Å². The lowest BCUT2D eigenvalue weighted by molar-refractivity contribution is -0.110. The van der Waals surface area contributed by atoms with Crippen LogP contribution in [0.15, 0.2) is 54.6 Å². The summed E-state index contributed by atoms with van der Waals surface area (Å²) >= 11 is 0. The zero-order valence-corrected chi connectivity index (χ0v) is 12.3. The summed E-state index contributed by atoms with van der Waals surface area (Å²) in [6, 6.07) is 18.6. The third-order valence-corrected chi connectivity index (χ3v) is 4.15. The quantitative estimate of drug-likeness (QED) is 0.702. The van der Waals surface area contributed by atoms with Crippen molar-refractivity contribution in [1.82, 2.24) is 4.98 Å². The second-order valence-electron chi connectivity index (χ2n) is 5.59. The Hall–Kier alpha value is -2.35. The topological polar surface area (TPSA) is 32.9 Å². The Morgan fingerprint density at radius 2 is 1.67 bits per heavy atom. The predicted molar refractivity (Wildman–Crippen MR) is 86.5 cm³/mol. The van der Waals surface area contributed by atoms with Gasteiger partial charge in [-0.3, -0.25) is 0 Å². The van der Waals surface area contributed by atoms with Crippen LogP contribution in [0.25, 0.3) is 10.9 Å². The van der Waals surface area contributed by atoms with E-state index in [2.05, 4.69) is 36.2 Å². The maximum absolute atomic E-state index is 11.5. The molecule has 1 N–H and O–H groups in total. The molecule has 1 heterocycles. The van der Waals surface area contributed by atoms with E-state index in [0.717, 1.165) is 17.5 Å². The SMILES string of the molecule is Cc1[nH]c2ccccc2c1[C@H](c1ccccc1)[C@H](C)C=O. The van der Waals surface area contributed by atoms with E-state index in [9.17, 15) is 4.79 Å². The summed E-state index contributed by atoms with van der Waals surface area (Å²) < 4.78 is 0. The van der Waals surface area contributed by atoms with E-state index in [4.69, 9.17) is 0 Å². The standard InChI is InChI=1S/C19H19NO/c1-13(12-21)18(15-8-4-3-5-9-15)19-14(2)20-17-11-7-6-10-16(17)19/h3-13,18,20H,1-2H3/t13-,18+/m1/s1. The Labute approximate surface area is 124 Å². The van der Waals surface area contributed by atoms with Gasteiger partial charge in [0.2, 0.25) is 0 Å². The summed E-state index contributed by atoms with van der Waals surface area (Å²) in [6.45, 7) is 4.08. The Morgan fingerprint density at radius 1 is 1.00 bits per heavy atom. The van der Waals surface area contributed by atoms with Gasteiger partial charge in [-0.15, -0.1) is 0 Å². The van der Waals surface area contributed by atoms with Gasteiger partial charge in [0.1, 0.15) is 6.29 Å². The van der Waals surface area contributed by atoms with Crippen LogP contribution in [0.2, 0.25) is 0 Å². The number of aryl methyl sites for hydroxylation is 1. The molecule has 0 bridgehead atoms. The van der Waals surface area contributed by atoms with Gasteiger partial charge < -0.3 is 9.78 Å². The summed E-state index contributed by atoms with van der Waals surface area (Å²) in [7, 11) is 0. The van der Waals surface area contributed by atoms with Crippen LogP contribution in [0.4, 0.5) is 0 Å². The van der Waals surface area contributed by atoms with E-state index < -0.39 is 0 Å². The van der Waals surface area contributed by atoms with Crippen molar-refractivity contribution in [1.29, 1.82) is 0 Å². The van der Waals surface area contributed by atoms with Gasteiger partial charge in [-0.25, -0.2) is 0 Å². The number of aldehydes is 1. The molecule has 0 saturated carbocycles. The zero-order chi connectivity index (χ0) is 14.8. The first-order chi connectivity index (χ1) is 10.2. The van der Waals surface area contributed by atoms with Gasteiger partial charge in [0, 0.05) is 28.4 Å². The fourth-order valence-corrected chi connectivity index (χ4v) is 3.17. The first-order valence-corrected chi connectivity index (χ1v) is 7.30. The fourth-order valence-electron chi connectivity index (χ4n) is 3.17.